The lowest BCUT2D eigenvalue weighted by Crippen LogP contribution is -2.50. The molecule has 0 aliphatic carbocycles. The molecule has 0 aliphatic rings. The Morgan fingerprint density at radius 2 is 1.60 bits per heavy atom. The third-order valence-electron chi connectivity index (χ3n) is 3.90. The van der Waals surface area contributed by atoms with Crippen LogP contribution in [0.3, 0.4) is 0 Å². The highest BCUT2D eigenvalue weighted by Crippen LogP contribution is 2.30. The van der Waals surface area contributed by atoms with Gasteiger partial charge in [0.1, 0.15) is 0 Å². The molecule has 0 aromatic carbocycles. The SMILES string of the molecule is CCC(C)CC(C)(CC)N(CC)C(C)C. The zero-order valence-corrected chi connectivity index (χ0v) is 11.9. The first kappa shape index (κ1) is 15.0. The van der Waals surface area contributed by atoms with Crippen LogP contribution in [0.25, 0.3) is 0 Å². The van der Waals surface area contributed by atoms with Crippen LogP contribution in [0.15, 0.2) is 0 Å². The molecule has 2 unspecified atom stereocenters. The predicted octanol–water partition coefficient (Wildman–Crippen LogP) is 4.32. The lowest BCUT2D eigenvalue weighted by Gasteiger charge is -2.44. The number of rotatable bonds is 7. The van der Waals surface area contributed by atoms with Crippen LogP contribution in [-0.2, 0) is 0 Å². The van der Waals surface area contributed by atoms with Crippen molar-refractivity contribution < 1.29 is 0 Å². The summed E-state index contributed by atoms with van der Waals surface area (Å²) >= 11 is 0. The van der Waals surface area contributed by atoms with Crippen LogP contribution in [0, 0.1) is 5.92 Å². The van der Waals surface area contributed by atoms with Gasteiger partial charge in [0.25, 0.3) is 0 Å². The van der Waals surface area contributed by atoms with Crippen LogP contribution in [0.2, 0.25) is 0 Å². The summed E-state index contributed by atoms with van der Waals surface area (Å²) in [6, 6.07) is 0.656. The fourth-order valence-corrected chi connectivity index (χ4v) is 2.73. The summed E-state index contributed by atoms with van der Waals surface area (Å²) in [5.74, 6) is 0.836. The van der Waals surface area contributed by atoms with Crippen molar-refractivity contribution in [3.8, 4) is 0 Å². The van der Waals surface area contributed by atoms with Crippen LogP contribution < -0.4 is 0 Å². The van der Waals surface area contributed by atoms with Gasteiger partial charge in [-0.25, -0.2) is 0 Å². The van der Waals surface area contributed by atoms with Crippen molar-refractivity contribution in [2.24, 2.45) is 5.92 Å². The van der Waals surface area contributed by atoms with Gasteiger partial charge in [-0.2, -0.15) is 0 Å². The largest absolute Gasteiger partial charge is 0.296 e. The first-order chi connectivity index (χ1) is 6.91. The molecule has 0 aromatic rings. The third kappa shape index (κ3) is 4.14. The van der Waals surface area contributed by atoms with Crippen molar-refractivity contribution in [3.05, 3.63) is 0 Å². The molecule has 0 heterocycles. The summed E-state index contributed by atoms with van der Waals surface area (Å²) < 4.78 is 0. The number of hydrogen-bond donors (Lipinski definition) is 0. The van der Waals surface area contributed by atoms with E-state index in [0.717, 1.165) is 5.92 Å². The van der Waals surface area contributed by atoms with Gasteiger partial charge in [-0.3, -0.25) is 4.90 Å². The molecular weight excluding hydrogens is 182 g/mol. The second kappa shape index (κ2) is 6.52. The van der Waals surface area contributed by atoms with Crippen LogP contribution in [0.4, 0.5) is 0 Å². The maximum Gasteiger partial charge on any atom is 0.0183 e. The molecule has 15 heavy (non-hydrogen) atoms. The van der Waals surface area contributed by atoms with E-state index in [2.05, 4.69) is 53.4 Å². The van der Waals surface area contributed by atoms with E-state index in [0.29, 0.717) is 11.6 Å². The Bertz CT molecular complexity index is 165. The molecule has 0 fully saturated rings. The first-order valence-corrected chi connectivity index (χ1v) is 6.68. The van der Waals surface area contributed by atoms with E-state index in [1.54, 1.807) is 0 Å². The lowest BCUT2D eigenvalue weighted by atomic mass is 9.84. The van der Waals surface area contributed by atoms with Gasteiger partial charge in [0.2, 0.25) is 0 Å². The van der Waals surface area contributed by atoms with Crippen molar-refractivity contribution in [1.82, 2.24) is 4.90 Å². The monoisotopic (exact) mass is 213 g/mol. The normalized spacial score (nSPS) is 18.2. The van der Waals surface area contributed by atoms with E-state index in [-0.39, 0.29) is 0 Å². The molecule has 0 radical (unpaired) electrons. The van der Waals surface area contributed by atoms with E-state index in [4.69, 9.17) is 0 Å². The summed E-state index contributed by atoms with van der Waals surface area (Å²) in [5, 5.41) is 0. The Kier molecular flexibility index (Phi) is 6.51. The van der Waals surface area contributed by atoms with Crippen molar-refractivity contribution in [3.63, 3.8) is 0 Å². The van der Waals surface area contributed by atoms with Crippen LogP contribution in [0.5, 0.6) is 0 Å². The average Bonchev–Trinajstić information content (AvgIpc) is 2.17. The molecule has 0 amide bonds. The molecule has 92 valence electrons. The minimum atomic E-state index is 0.387. The lowest BCUT2D eigenvalue weighted by molar-refractivity contribution is 0.0513. The molecule has 2 atom stereocenters. The van der Waals surface area contributed by atoms with E-state index in [1.165, 1.54) is 25.8 Å². The topological polar surface area (TPSA) is 3.24 Å². The summed E-state index contributed by atoms with van der Waals surface area (Å²) in [4.78, 5) is 2.65. The maximum atomic E-state index is 2.65. The minimum absolute atomic E-state index is 0.387. The molecule has 0 rings (SSSR count). The molecule has 0 saturated heterocycles. The Morgan fingerprint density at radius 3 is 1.87 bits per heavy atom. The van der Waals surface area contributed by atoms with Crippen molar-refractivity contribution in [1.29, 1.82) is 0 Å². The van der Waals surface area contributed by atoms with Gasteiger partial charge >= 0.3 is 0 Å². The number of hydrogen-bond acceptors (Lipinski definition) is 1. The summed E-state index contributed by atoms with van der Waals surface area (Å²) in [5.41, 5.74) is 0.387. The summed E-state index contributed by atoms with van der Waals surface area (Å²) in [6.07, 6.45) is 3.88. The van der Waals surface area contributed by atoms with Gasteiger partial charge in [0.05, 0.1) is 0 Å². The maximum absolute atomic E-state index is 2.65. The Labute approximate surface area is 97.2 Å². The smallest absolute Gasteiger partial charge is 0.0183 e. The Morgan fingerprint density at radius 1 is 1.07 bits per heavy atom. The highest BCUT2D eigenvalue weighted by Gasteiger charge is 2.31. The molecule has 0 bridgehead atoms. The molecule has 0 aromatic heterocycles. The molecule has 1 nitrogen and oxygen atoms in total. The highest BCUT2D eigenvalue weighted by molar-refractivity contribution is 4.87. The standard InChI is InChI=1S/C14H31N/c1-8-13(6)11-14(7,9-2)15(10-3)12(4)5/h12-13H,8-11H2,1-7H3. The molecule has 0 spiro atoms. The number of nitrogens with zero attached hydrogens (tertiary/aromatic N) is 1. The summed E-state index contributed by atoms with van der Waals surface area (Å²) in [6.45, 7) is 17.5. The second-order valence-corrected chi connectivity index (χ2v) is 5.45. The molecule has 1 heteroatoms. The van der Waals surface area contributed by atoms with Crippen LogP contribution >= 0.6 is 0 Å². The fourth-order valence-electron chi connectivity index (χ4n) is 2.73. The predicted molar refractivity (Wildman–Crippen MR) is 70.3 cm³/mol. The van der Waals surface area contributed by atoms with Gasteiger partial charge in [-0.1, -0.05) is 34.1 Å². The second-order valence-electron chi connectivity index (χ2n) is 5.45. The van der Waals surface area contributed by atoms with Crippen molar-refractivity contribution in [2.45, 2.75) is 79.3 Å². The third-order valence-corrected chi connectivity index (χ3v) is 3.90. The van der Waals surface area contributed by atoms with Gasteiger partial charge in [-0.05, 0) is 46.1 Å². The van der Waals surface area contributed by atoms with Crippen molar-refractivity contribution >= 4 is 0 Å². The Balaban J connectivity index is 4.64. The average molecular weight is 213 g/mol. The van der Waals surface area contributed by atoms with E-state index < -0.39 is 0 Å². The molecule has 0 aliphatic heterocycles. The summed E-state index contributed by atoms with van der Waals surface area (Å²) in [7, 11) is 0. The first-order valence-electron chi connectivity index (χ1n) is 6.68. The fraction of sp³-hybridized carbons (Fsp3) is 1.00. The van der Waals surface area contributed by atoms with Gasteiger partial charge < -0.3 is 0 Å². The zero-order valence-electron chi connectivity index (χ0n) is 11.9. The van der Waals surface area contributed by atoms with Crippen LogP contribution in [0.1, 0.15) is 67.7 Å². The zero-order chi connectivity index (χ0) is 12.1. The Hall–Kier alpha value is -0.0400. The van der Waals surface area contributed by atoms with Crippen molar-refractivity contribution in [2.75, 3.05) is 6.54 Å². The molecule has 0 saturated carbocycles. The molecular formula is C14H31N. The quantitative estimate of drug-likeness (QED) is 0.609. The van der Waals surface area contributed by atoms with Crippen LogP contribution in [-0.4, -0.2) is 23.0 Å². The highest BCUT2D eigenvalue weighted by atomic mass is 15.2. The van der Waals surface area contributed by atoms with E-state index in [9.17, 15) is 0 Å². The van der Waals surface area contributed by atoms with Gasteiger partial charge in [0.15, 0.2) is 0 Å². The van der Waals surface area contributed by atoms with Gasteiger partial charge in [-0.15, -0.1) is 0 Å². The van der Waals surface area contributed by atoms with E-state index >= 15 is 0 Å². The molecule has 0 N–H and O–H groups in total. The minimum Gasteiger partial charge on any atom is -0.296 e. The van der Waals surface area contributed by atoms with Gasteiger partial charge in [0, 0.05) is 11.6 Å². The van der Waals surface area contributed by atoms with E-state index in [1.807, 2.05) is 0 Å².